The Morgan fingerprint density at radius 2 is 1.44 bits per heavy atom. The lowest BCUT2D eigenvalue weighted by Gasteiger charge is -2.11. The predicted octanol–water partition coefficient (Wildman–Crippen LogP) is 5.03. The number of carbonyl (C=O) groups excluding carboxylic acids is 2. The number of halogens is 3. The summed E-state index contributed by atoms with van der Waals surface area (Å²) in [4.78, 5) is 27.5. The van der Waals surface area contributed by atoms with Crippen molar-refractivity contribution in [3.8, 4) is 0 Å². The quantitative estimate of drug-likeness (QED) is 0.659. The van der Waals surface area contributed by atoms with Crippen molar-refractivity contribution in [2.24, 2.45) is 0 Å². The SMILES string of the molecule is O=C(CCC(=O)c1c[nH]c2ccccc12)c1ccccc1C(F)(F)F. The van der Waals surface area contributed by atoms with E-state index in [0.29, 0.717) is 5.56 Å². The average molecular weight is 345 g/mol. The minimum atomic E-state index is -4.60. The maximum Gasteiger partial charge on any atom is 0.417 e. The first-order valence-corrected chi connectivity index (χ1v) is 7.66. The van der Waals surface area contributed by atoms with E-state index in [4.69, 9.17) is 0 Å². The molecule has 6 heteroatoms. The normalized spacial score (nSPS) is 11.6. The number of hydrogen-bond donors (Lipinski definition) is 1. The molecule has 0 fully saturated rings. The molecule has 0 saturated carbocycles. The van der Waals surface area contributed by atoms with Crippen LogP contribution in [0.15, 0.2) is 54.7 Å². The molecule has 0 bridgehead atoms. The number of para-hydroxylation sites is 1. The van der Waals surface area contributed by atoms with E-state index < -0.39 is 23.1 Å². The van der Waals surface area contributed by atoms with E-state index in [1.165, 1.54) is 12.1 Å². The van der Waals surface area contributed by atoms with Crippen LogP contribution in [0.25, 0.3) is 10.9 Å². The van der Waals surface area contributed by atoms with Gasteiger partial charge in [0.25, 0.3) is 0 Å². The molecule has 0 aliphatic heterocycles. The number of aromatic nitrogens is 1. The molecule has 2 aromatic carbocycles. The van der Waals surface area contributed by atoms with Crippen molar-refractivity contribution < 1.29 is 22.8 Å². The van der Waals surface area contributed by atoms with Crippen molar-refractivity contribution in [2.45, 2.75) is 19.0 Å². The molecule has 1 N–H and O–H groups in total. The Kier molecular flexibility index (Phi) is 4.44. The van der Waals surface area contributed by atoms with E-state index in [2.05, 4.69) is 4.98 Å². The summed E-state index contributed by atoms with van der Waals surface area (Å²) in [5.41, 5.74) is -0.145. The largest absolute Gasteiger partial charge is 0.417 e. The van der Waals surface area contributed by atoms with Gasteiger partial charge in [0.15, 0.2) is 11.6 Å². The van der Waals surface area contributed by atoms with Crippen LogP contribution in [0, 0.1) is 0 Å². The van der Waals surface area contributed by atoms with Crippen molar-refractivity contribution >= 4 is 22.5 Å². The highest BCUT2D eigenvalue weighted by molar-refractivity contribution is 6.09. The molecular formula is C19H14F3NO2. The molecule has 0 atom stereocenters. The zero-order valence-electron chi connectivity index (χ0n) is 13.1. The van der Waals surface area contributed by atoms with E-state index >= 15 is 0 Å². The monoisotopic (exact) mass is 345 g/mol. The Labute approximate surface area is 141 Å². The van der Waals surface area contributed by atoms with Gasteiger partial charge in [0.2, 0.25) is 0 Å². The fourth-order valence-electron chi connectivity index (χ4n) is 2.77. The predicted molar refractivity (Wildman–Crippen MR) is 87.6 cm³/mol. The van der Waals surface area contributed by atoms with Gasteiger partial charge in [-0.2, -0.15) is 13.2 Å². The molecule has 3 nitrogen and oxygen atoms in total. The third-order valence-electron chi connectivity index (χ3n) is 4.00. The lowest BCUT2D eigenvalue weighted by Crippen LogP contribution is -2.14. The number of H-pyrrole nitrogens is 1. The number of alkyl halides is 3. The van der Waals surface area contributed by atoms with Crippen LogP contribution in [0.1, 0.15) is 39.1 Å². The summed E-state index contributed by atoms with van der Waals surface area (Å²) < 4.78 is 38.9. The Bertz CT molecular complexity index is 941. The minimum absolute atomic E-state index is 0.146. The van der Waals surface area contributed by atoms with Crippen molar-refractivity contribution in [1.82, 2.24) is 4.98 Å². The summed E-state index contributed by atoms with van der Waals surface area (Å²) in [5.74, 6) is -0.976. The Hall–Kier alpha value is -2.89. The molecule has 128 valence electrons. The van der Waals surface area contributed by atoms with Crippen LogP contribution in [0.2, 0.25) is 0 Å². The number of carbonyl (C=O) groups is 2. The summed E-state index contributed by atoms with van der Waals surface area (Å²) in [6.45, 7) is 0. The van der Waals surface area contributed by atoms with E-state index in [1.807, 2.05) is 12.1 Å². The fraction of sp³-hybridized carbons (Fsp3) is 0.158. The summed E-state index contributed by atoms with van der Waals surface area (Å²) in [5, 5.41) is 0.732. The number of hydrogen-bond acceptors (Lipinski definition) is 2. The van der Waals surface area contributed by atoms with Crippen LogP contribution in [-0.4, -0.2) is 16.6 Å². The first-order valence-electron chi connectivity index (χ1n) is 7.66. The fourth-order valence-corrected chi connectivity index (χ4v) is 2.77. The van der Waals surface area contributed by atoms with Crippen molar-refractivity contribution in [3.05, 3.63) is 71.4 Å². The standard InChI is InChI=1S/C19H14F3NO2/c20-19(21,22)15-7-3-1-6-13(15)17(24)9-10-18(25)14-11-23-16-8-4-2-5-12(14)16/h1-8,11,23H,9-10H2. The van der Waals surface area contributed by atoms with Crippen LogP contribution >= 0.6 is 0 Å². The van der Waals surface area contributed by atoms with Crippen LogP contribution < -0.4 is 0 Å². The van der Waals surface area contributed by atoms with E-state index in [9.17, 15) is 22.8 Å². The Morgan fingerprint density at radius 3 is 2.16 bits per heavy atom. The van der Waals surface area contributed by atoms with Gasteiger partial charge in [-0.3, -0.25) is 9.59 Å². The van der Waals surface area contributed by atoms with E-state index in [-0.39, 0.29) is 18.6 Å². The lowest BCUT2D eigenvalue weighted by molar-refractivity contribution is -0.137. The molecule has 25 heavy (non-hydrogen) atoms. The summed E-state index contributed by atoms with van der Waals surface area (Å²) >= 11 is 0. The lowest BCUT2D eigenvalue weighted by atomic mass is 9.97. The number of Topliss-reactive ketones (excluding diaryl/α,β-unsaturated/α-hetero) is 2. The van der Waals surface area contributed by atoms with Crippen LogP contribution in [0.5, 0.6) is 0 Å². The van der Waals surface area contributed by atoms with Gasteiger partial charge in [0.05, 0.1) is 5.56 Å². The number of ketones is 2. The van der Waals surface area contributed by atoms with Crippen LogP contribution in [-0.2, 0) is 6.18 Å². The number of aromatic amines is 1. The molecule has 0 aliphatic rings. The maximum atomic E-state index is 13.0. The minimum Gasteiger partial charge on any atom is -0.360 e. The van der Waals surface area contributed by atoms with Gasteiger partial charge >= 0.3 is 6.18 Å². The topological polar surface area (TPSA) is 49.9 Å². The highest BCUT2D eigenvalue weighted by atomic mass is 19.4. The van der Waals surface area contributed by atoms with Crippen LogP contribution in [0.4, 0.5) is 13.2 Å². The zero-order valence-corrected chi connectivity index (χ0v) is 13.1. The van der Waals surface area contributed by atoms with Gasteiger partial charge in [0.1, 0.15) is 0 Å². The molecule has 0 amide bonds. The number of rotatable bonds is 5. The third-order valence-corrected chi connectivity index (χ3v) is 4.00. The summed E-state index contributed by atoms with van der Waals surface area (Å²) in [6, 6.07) is 11.8. The van der Waals surface area contributed by atoms with Gasteiger partial charge < -0.3 is 4.98 Å². The Balaban J connectivity index is 1.76. The number of nitrogens with one attached hydrogen (secondary N) is 1. The van der Waals surface area contributed by atoms with E-state index in [0.717, 1.165) is 23.0 Å². The van der Waals surface area contributed by atoms with Gasteiger partial charge in [-0.25, -0.2) is 0 Å². The average Bonchev–Trinajstić information content (AvgIpc) is 3.03. The van der Waals surface area contributed by atoms with Crippen molar-refractivity contribution in [1.29, 1.82) is 0 Å². The molecule has 1 heterocycles. The molecular weight excluding hydrogens is 331 g/mol. The smallest absolute Gasteiger partial charge is 0.360 e. The number of fused-ring (bicyclic) bond motifs is 1. The van der Waals surface area contributed by atoms with Crippen molar-refractivity contribution in [3.63, 3.8) is 0 Å². The van der Waals surface area contributed by atoms with Gasteiger partial charge in [-0.15, -0.1) is 0 Å². The van der Waals surface area contributed by atoms with E-state index in [1.54, 1.807) is 18.3 Å². The molecule has 1 aromatic heterocycles. The first kappa shape index (κ1) is 17.0. The highest BCUT2D eigenvalue weighted by Gasteiger charge is 2.34. The van der Waals surface area contributed by atoms with Crippen LogP contribution in [0.3, 0.4) is 0 Å². The molecule has 0 aliphatic carbocycles. The second-order valence-corrected chi connectivity index (χ2v) is 5.64. The maximum absolute atomic E-state index is 13.0. The van der Waals surface area contributed by atoms with Gasteiger partial charge in [-0.05, 0) is 12.1 Å². The second kappa shape index (κ2) is 6.55. The summed E-state index contributed by atoms with van der Waals surface area (Å²) in [6.07, 6.45) is -3.47. The first-order chi connectivity index (χ1) is 11.9. The highest BCUT2D eigenvalue weighted by Crippen LogP contribution is 2.32. The summed E-state index contributed by atoms with van der Waals surface area (Å²) in [7, 11) is 0. The molecule has 0 saturated heterocycles. The Morgan fingerprint density at radius 1 is 0.840 bits per heavy atom. The molecule has 0 radical (unpaired) electrons. The van der Waals surface area contributed by atoms with Crippen molar-refractivity contribution in [2.75, 3.05) is 0 Å². The van der Waals surface area contributed by atoms with Gasteiger partial charge in [-0.1, -0.05) is 36.4 Å². The molecule has 3 rings (SSSR count). The molecule has 0 spiro atoms. The van der Waals surface area contributed by atoms with Gasteiger partial charge in [0, 0.05) is 41.1 Å². The third kappa shape index (κ3) is 3.47. The molecule has 0 unspecified atom stereocenters. The number of benzene rings is 2. The molecule has 3 aromatic rings. The zero-order chi connectivity index (χ0) is 18.0. The second-order valence-electron chi connectivity index (χ2n) is 5.64.